The summed E-state index contributed by atoms with van der Waals surface area (Å²) < 4.78 is 18.3. The molecule has 2 bridgehead atoms. The summed E-state index contributed by atoms with van der Waals surface area (Å²) >= 11 is 3.50. The van der Waals surface area contributed by atoms with Crippen LogP contribution in [0.1, 0.15) is 31.9 Å². The molecule has 2 aromatic carbocycles. The molecule has 0 aliphatic carbocycles. The minimum atomic E-state index is -0.825. The van der Waals surface area contributed by atoms with Crippen molar-refractivity contribution in [1.82, 2.24) is 5.32 Å². The van der Waals surface area contributed by atoms with Crippen LogP contribution in [0.15, 0.2) is 40.9 Å². The second kappa shape index (κ2) is 6.64. The maximum absolute atomic E-state index is 12.9. The summed E-state index contributed by atoms with van der Waals surface area (Å²) in [5.74, 6) is 2.07. The Balaban J connectivity index is 1.75. The normalized spacial score (nSPS) is 23.2. The predicted octanol–water partition coefficient (Wildman–Crippen LogP) is 4.63. The highest BCUT2D eigenvalue weighted by atomic mass is 79.9. The number of rotatable bonds is 4. The topological polar surface area (TPSA) is 60.0 Å². The molecule has 27 heavy (non-hydrogen) atoms. The first-order chi connectivity index (χ1) is 12.9. The number of hydrogen-bond donors (Lipinski definition) is 1. The average molecular weight is 433 g/mol. The number of fused-ring (bicyclic) bond motifs is 4. The molecule has 0 radical (unpaired) electrons. The maximum atomic E-state index is 12.9. The Morgan fingerprint density at radius 1 is 1.33 bits per heavy atom. The van der Waals surface area contributed by atoms with Crippen LogP contribution in [-0.4, -0.2) is 25.5 Å². The van der Waals surface area contributed by atoms with Crippen LogP contribution in [0.4, 0.5) is 10.5 Å². The van der Waals surface area contributed by atoms with E-state index in [1.54, 1.807) is 12.0 Å². The number of methoxy groups -OCH3 is 1. The average Bonchev–Trinajstić information content (AvgIpc) is 2.63. The third-order valence-corrected chi connectivity index (χ3v) is 5.39. The summed E-state index contributed by atoms with van der Waals surface area (Å²) in [5.41, 5.74) is 0.837. The predicted molar refractivity (Wildman–Crippen MR) is 106 cm³/mol. The maximum Gasteiger partial charge on any atom is 0.325 e. The first-order valence-electron chi connectivity index (χ1n) is 8.85. The van der Waals surface area contributed by atoms with Gasteiger partial charge >= 0.3 is 6.03 Å². The number of carbonyl (C=O) groups is 1. The lowest BCUT2D eigenvalue weighted by Crippen LogP contribution is -2.65. The van der Waals surface area contributed by atoms with Crippen molar-refractivity contribution in [3.63, 3.8) is 0 Å². The molecule has 1 saturated heterocycles. The second-order valence-corrected chi connectivity index (χ2v) is 7.69. The molecule has 6 nitrogen and oxygen atoms in total. The number of urea groups is 1. The summed E-state index contributed by atoms with van der Waals surface area (Å²) in [6.45, 7) is 4.46. The molecule has 0 spiro atoms. The van der Waals surface area contributed by atoms with Crippen molar-refractivity contribution in [2.24, 2.45) is 0 Å². The summed E-state index contributed by atoms with van der Waals surface area (Å²) in [5, 5.41) is 3.10. The van der Waals surface area contributed by atoms with Crippen LogP contribution in [0, 0.1) is 0 Å². The second-order valence-electron chi connectivity index (χ2n) is 6.77. The van der Waals surface area contributed by atoms with Gasteiger partial charge in [0.05, 0.1) is 19.8 Å². The van der Waals surface area contributed by atoms with E-state index in [0.29, 0.717) is 24.5 Å². The molecule has 2 heterocycles. The van der Waals surface area contributed by atoms with Crippen LogP contribution in [0.2, 0.25) is 0 Å². The number of anilines is 1. The minimum Gasteiger partial charge on any atom is -0.494 e. The Hall–Kier alpha value is -2.41. The Labute approximate surface area is 166 Å². The highest BCUT2D eigenvalue weighted by molar-refractivity contribution is 9.10. The van der Waals surface area contributed by atoms with Gasteiger partial charge in [-0.25, -0.2) is 4.79 Å². The molecule has 1 fully saturated rings. The van der Waals surface area contributed by atoms with Crippen molar-refractivity contribution in [3.8, 4) is 17.2 Å². The summed E-state index contributed by atoms with van der Waals surface area (Å²) in [4.78, 5) is 14.6. The highest BCUT2D eigenvalue weighted by Gasteiger charge is 2.50. The lowest BCUT2D eigenvalue weighted by atomic mass is 9.90. The van der Waals surface area contributed by atoms with Gasteiger partial charge in [-0.15, -0.1) is 0 Å². The third-order valence-electron chi connectivity index (χ3n) is 4.93. The number of ether oxygens (including phenoxy) is 3. The van der Waals surface area contributed by atoms with E-state index in [2.05, 4.69) is 21.2 Å². The molecule has 2 atom stereocenters. The van der Waals surface area contributed by atoms with Gasteiger partial charge in [0.15, 0.2) is 17.2 Å². The zero-order chi connectivity index (χ0) is 19.2. The Morgan fingerprint density at radius 3 is 2.74 bits per heavy atom. The quantitative estimate of drug-likeness (QED) is 0.764. The Bertz CT molecular complexity index is 886. The van der Waals surface area contributed by atoms with Gasteiger partial charge in [-0.1, -0.05) is 15.9 Å². The van der Waals surface area contributed by atoms with Gasteiger partial charge < -0.3 is 19.5 Å². The SMILES string of the molecule is CCOc1ccc(N2C(=O)N[C@H]3C[C@]2(C)Oc2c(OC)cc(Br)cc23)cc1. The van der Waals surface area contributed by atoms with E-state index in [4.69, 9.17) is 14.2 Å². The zero-order valence-electron chi connectivity index (χ0n) is 15.4. The molecule has 0 unspecified atom stereocenters. The molecule has 7 heteroatoms. The fourth-order valence-corrected chi connectivity index (χ4v) is 4.26. The molecule has 0 saturated carbocycles. The van der Waals surface area contributed by atoms with Crippen LogP contribution in [0.3, 0.4) is 0 Å². The van der Waals surface area contributed by atoms with E-state index in [-0.39, 0.29) is 12.1 Å². The molecule has 0 aromatic heterocycles. The van der Waals surface area contributed by atoms with E-state index in [1.165, 1.54) is 0 Å². The number of amides is 2. The summed E-state index contributed by atoms with van der Waals surface area (Å²) in [6, 6.07) is 11.0. The van der Waals surface area contributed by atoms with Gasteiger partial charge in [-0.3, -0.25) is 4.90 Å². The van der Waals surface area contributed by atoms with Crippen LogP contribution >= 0.6 is 15.9 Å². The largest absolute Gasteiger partial charge is 0.494 e. The third kappa shape index (κ3) is 3.00. The molecule has 142 valence electrons. The standard InChI is InChI=1S/C20H21BrN2O4/c1-4-26-14-7-5-13(6-8-14)23-19(24)22-16-11-20(23,2)27-18-15(16)9-12(21)10-17(18)25-3/h5-10,16H,4,11H2,1-3H3,(H,22,24)/t16-,20-/m0/s1. The Morgan fingerprint density at radius 2 is 2.07 bits per heavy atom. The monoisotopic (exact) mass is 432 g/mol. The fourth-order valence-electron chi connectivity index (χ4n) is 3.80. The van der Waals surface area contributed by atoms with Crippen LogP contribution in [0.5, 0.6) is 17.2 Å². The van der Waals surface area contributed by atoms with Crippen molar-refractivity contribution >= 4 is 27.6 Å². The summed E-state index contributed by atoms with van der Waals surface area (Å²) in [6.07, 6.45) is 0.624. The molecule has 2 amide bonds. The van der Waals surface area contributed by atoms with E-state index in [0.717, 1.165) is 21.5 Å². The van der Waals surface area contributed by atoms with Crippen LogP contribution in [-0.2, 0) is 0 Å². The van der Waals surface area contributed by atoms with Gasteiger partial charge in [-0.2, -0.15) is 0 Å². The Kier molecular flexibility index (Phi) is 4.42. The number of nitrogens with one attached hydrogen (secondary N) is 1. The molecule has 1 N–H and O–H groups in total. The molecular weight excluding hydrogens is 412 g/mol. The van der Waals surface area contributed by atoms with Crippen molar-refractivity contribution in [2.45, 2.75) is 32.0 Å². The van der Waals surface area contributed by atoms with Crippen molar-refractivity contribution < 1.29 is 19.0 Å². The van der Waals surface area contributed by atoms with Crippen molar-refractivity contribution in [3.05, 3.63) is 46.4 Å². The van der Waals surface area contributed by atoms with Gasteiger partial charge in [0.1, 0.15) is 5.75 Å². The first kappa shape index (κ1) is 18.0. The molecular formula is C20H21BrN2O4. The lowest BCUT2D eigenvalue weighted by molar-refractivity contribution is 0.0349. The lowest BCUT2D eigenvalue weighted by Gasteiger charge is -2.50. The number of hydrogen-bond acceptors (Lipinski definition) is 4. The number of benzene rings is 2. The molecule has 4 rings (SSSR count). The van der Waals surface area contributed by atoms with Crippen LogP contribution < -0.4 is 24.4 Å². The summed E-state index contributed by atoms with van der Waals surface area (Å²) in [7, 11) is 1.61. The van der Waals surface area contributed by atoms with Crippen LogP contribution in [0.25, 0.3) is 0 Å². The first-order valence-corrected chi connectivity index (χ1v) is 9.64. The van der Waals surface area contributed by atoms with E-state index in [1.807, 2.05) is 50.2 Å². The molecule has 2 aromatic rings. The van der Waals surface area contributed by atoms with Gasteiger partial charge in [-0.05, 0) is 50.2 Å². The van der Waals surface area contributed by atoms with Gasteiger partial charge in [0.25, 0.3) is 0 Å². The van der Waals surface area contributed by atoms with Crippen molar-refractivity contribution in [2.75, 3.05) is 18.6 Å². The van der Waals surface area contributed by atoms with E-state index < -0.39 is 5.72 Å². The highest BCUT2D eigenvalue weighted by Crippen LogP contribution is 2.50. The van der Waals surface area contributed by atoms with Gasteiger partial charge in [0.2, 0.25) is 0 Å². The number of halogens is 1. The van der Waals surface area contributed by atoms with E-state index in [9.17, 15) is 4.79 Å². The smallest absolute Gasteiger partial charge is 0.325 e. The van der Waals surface area contributed by atoms with Gasteiger partial charge in [0, 0.05) is 22.1 Å². The number of nitrogens with zero attached hydrogens (tertiary/aromatic N) is 1. The van der Waals surface area contributed by atoms with E-state index >= 15 is 0 Å². The molecule has 2 aliphatic rings. The van der Waals surface area contributed by atoms with Crippen molar-refractivity contribution in [1.29, 1.82) is 0 Å². The number of carbonyl (C=O) groups excluding carboxylic acids is 1. The zero-order valence-corrected chi connectivity index (χ0v) is 17.0. The fraction of sp³-hybridized carbons (Fsp3) is 0.350. The minimum absolute atomic E-state index is 0.142. The molecule has 2 aliphatic heterocycles.